The Morgan fingerprint density at radius 3 is 1.47 bits per heavy atom. The smallest absolute Gasteiger partial charge is 0.413 e. The van der Waals surface area contributed by atoms with Crippen LogP contribution in [0.2, 0.25) is 0 Å². The van der Waals surface area contributed by atoms with Gasteiger partial charge in [0.15, 0.2) is 24.0 Å². The van der Waals surface area contributed by atoms with Crippen LogP contribution in [0.15, 0.2) is 91.0 Å². The first-order chi connectivity index (χ1) is 30.5. The van der Waals surface area contributed by atoms with Gasteiger partial charge in [-0.3, -0.25) is 28.9 Å². The van der Waals surface area contributed by atoms with Crippen LogP contribution in [0.5, 0.6) is 0 Å². The molecule has 2 atom stereocenters. The molecule has 0 aliphatic carbocycles. The van der Waals surface area contributed by atoms with Crippen LogP contribution < -0.4 is 0 Å². The Kier molecular flexibility index (Phi) is 22.7. The summed E-state index contributed by atoms with van der Waals surface area (Å²) in [5.41, 5.74) is 2.70. The van der Waals surface area contributed by atoms with E-state index in [2.05, 4.69) is 0 Å². The molecule has 6 rings (SSSR count). The van der Waals surface area contributed by atoms with Gasteiger partial charge in [0, 0.05) is 32.5 Å². The molecule has 0 radical (unpaired) electrons. The molecule has 2 unspecified atom stereocenters. The number of hydrogen-bond acceptors (Lipinski definition) is 13. The van der Waals surface area contributed by atoms with E-state index in [1.54, 1.807) is 20.3 Å². The summed E-state index contributed by atoms with van der Waals surface area (Å²) < 4.78 is 25.5. The van der Waals surface area contributed by atoms with E-state index in [0.29, 0.717) is 25.9 Å². The predicted molar refractivity (Wildman–Crippen MR) is 234 cm³/mol. The number of hydrogen-bond donors (Lipinski definition) is 0. The van der Waals surface area contributed by atoms with E-state index in [9.17, 15) is 38.4 Å². The summed E-state index contributed by atoms with van der Waals surface area (Å²) in [6, 6.07) is 28.1. The lowest BCUT2D eigenvalue weighted by Crippen LogP contribution is -2.40. The highest BCUT2D eigenvalue weighted by Crippen LogP contribution is 2.18. The number of ether oxygens (including phenoxy) is 5. The first kappa shape index (κ1) is 51.6. The molecule has 0 aromatic heterocycles. The minimum atomic E-state index is -0.915. The Balaban J connectivity index is 0.000000256. The Morgan fingerprint density at radius 2 is 0.984 bits per heavy atom. The van der Waals surface area contributed by atoms with E-state index in [4.69, 9.17) is 23.7 Å². The summed E-state index contributed by atoms with van der Waals surface area (Å²) in [6.07, 6.45) is 2.63. The molecule has 16 heteroatoms. The van der Waals surface area contributed by atoms with Crippen LogP contribution in [0, 0.1) is 18.3 Å². The Hall–Kier alpha value is -6.71. The molecule has 0 N–H and O–H groups in total. The van der Waals surface area contributed by atoms with E-state index in [0.717, 1.165) is 23.1 Å². The molecule has 0 saturated carbocycles. The molecule has 0 spiro atoms. The topological polar surface area (TPSA) is 192 Å². The lowest BCUT2D eigenvalue weighted by Gasteiger charge is -2.24. The van der Waals surface area contributed by atoms with Crippen molar-refractivity contribution in [1.29, 1.82) is 0 Å². The van der Waals surface area contributed by atoms with Gasteiger partial charge in [-0.25, -0.2) is 14.4 Å². The fourth-order valence-electron chi connectivity index (χ4n) is 6.57. The van der Waals surface area contributed by atoms with Crippen molar-refractivity contribution >= 4 is 47.6 Å². The third kappa shape index (κ3) is 17.6. The van der Waals surface area contributed by atoms with Crippen molar-refractivity contribution in [3.63, 3.8) is 0 Å². The highest BCUT2D eigenvalue weighted by Gasteiger charge is 2.38. The van der Waals surface area contributed by atoms with Crippen molar-refractivity contribution in [3.8, 4) is 0 Å². The first-order valence-corrected chi connectivity index (χ1v) is 21.1. The molecule has 344 valence electrons. The molecule has 3 saturated heterocycles. The van der Waals surface area contributed by atoms with Crippen molar-refractivity contribution in [2.75, 3.05) is 52.5 Å². The molecule has 3 aromatic carbocycles. The number of rotatable bonds is 10. The van der Waals surface area contributed by atoms with E-state index in [1.807, 2.05) is 91.0 Å². The maximum absolute atomic E-state index is 12.2. The molecule has 16 nitrogen and oxygen atoms in total. The second kappa shape index (κ2) is 28.1. The number of carbonyl (C=O) groups is 8. The summed E-state index contributed by atoms with van der Waals surface area (Å²) in [6.45, 7) is 5.72. The maximum Gasteiger partial charge on any atom is 0.413 e. The monoisotopic (exact) mass is 886 g/mol. The van der Waals surface area contributed by atoms with E-state index >= 15 is 0 Å². The second-order valence-corrected chi connectivity index (χ2v) is 14.7. The van der Waals surface area contributed by atoms with Gasteiger partial charge in [0.1, 0.15) is 37.9 Å². The molecule has 3 amide bonds. The van der Waals surface area contributed by atoms with Gasteiger partial charge >= 0.3 is 30.2 Å². The minimum Gasteiger partial charge on any atom is -0.465 e. The number of likely N-dealkylation sites (tertiary alicyclic amines) is 3. The average Bonchev–Trinajstić information content (AvgIpc) is 3.63. The van der Waals surface area contributed by atoms with Gasteiger partial charge in [0.2, 0.25) is 0 Å². The molecular weight excluding hydrogens is 827 g/mol. The fourth-order valence-corrected chi connectivity index (χ4v) is 6.57. The molecule has 3 heterocycles. The molecule has 3 aliphatic heterocycles. The summed E-state index contributed by atoms with van der Waals surface area (Å²) in [5.74, 6) is -3.25. The SMILES string of the molecule is C.CCOC(=O)C1CN(C(=O)OCc2ccccc2)CCCC1=O.CCOC(=O)C1C[CH+]CN(C(=O)OCc2ccccc2)CC1=O.O=C1CCCN(C(=O)OCc2ccccc2)C1. The molecule has 0 bridgehead atoms. The summed E-state index contributed by atoms with van der Waals surface area (Å²) in [5, 5.41) is 0. The minimum absolute atomic E-state index is 0. The van der Waals surface area contributed by atoms with Crippen LogP contribution in [0.25, 0.3) is 0 Å². The number of amides is 3. The Labute approximate surface area is 375 Å². The van der Waals surface area contributed by atoms with Gasteiger partial charge in [-0.1, -0.05) is 98.4 Å². The maximum atomic E-state index is 12.2. The summed E-state index contributed by atoms with van der Waals surface area (Å²) in [7, 11) is 0. The first-order valence-electron chi connectivity index (χ1n) is 21.1. The van der Waals surface area contributed by atoms with Crippen molar-refractivity contribution < 1.29 is 62.0 Å². The van der Waals surface area contributed by atoms with Gasteiger partial charge in [0.25, 0.3) is 0 Å². The Bertz CT molecular complexity index is 1960. The van der Waals surface area contributed by atoms with Crippen molar-refractivity contribution in [1.82, 2.24) is 14.7 Å². The van der Waals surface area contributed by atoms with Crippen LogP contribution in [0.3, 0.4) is 0 Å². The van der Waals surface area contributed by atoms with Gasteiger partial charge in [-0.05, 0) is 43.4 Å². The molecule has 3 aromatic rings. The number of piperidine rings is 1. The van der Waals surface area contributed by atoms with E-state index in [-0.39, 0.29) is 96.8 Å². The summed E-state index contributed by atoms with van der Waals surface area (Å²) in [4.78, 5) is 99.1. The third-order valence-corrected chi connectivity index (χ3v) is 9.91. The lowest BCUT2D eigenvalue weighted by atomic mass is 10.00. The molecular formula is C48H60N3O13+. The van der Waals surface area contributed by atoms with Crippen molar-refractivity contribution in [3.05, 3.63) is 114 Å². The highest BCUT2D eigenvalue weighted by atomic mass is 16.6. The van der Waals surface area contributed by atoms with Crippen LogP contribution in [-0.4, -0.2) is 115 Å². The third-order valence-electron chi connectivity index (χ3n) is 9.91. The lowest BCUT2D eigenvalue weighted by molar-refractivity contribution is -0.153. The van der Waals surface area contributed by atoms with Crippen LogP contribution in [0.1, 0.15) is 70.1 Å². The van der Waals surface area contributed by atoms with Crippen LogP contribution in [-0.2, 0) is 67.5 Å². The number of esters is 2. The van der Waals surface area contributed by atoms with Crippen molar-refractivity contribution in [2.24, 2.45) is 11.8 Å². The number of carbonyl (C=O) groups excluding carboxylic acids is 8. The number of nitrogens with zero attached hydrogens (tertiary/aromatic N) is 3. The van der Waals surface area contributed by atoms with Gasteiger partial charge in [-0.2, -0.15) is 0 Å². The molecule has 3 aliphatic rings. The second-order valence-electron chi connectivity index (χ2n) is 14.7. The Morgan fingerprint density at radius 1 is 0.547 bits per heavy atom. The van der Waals surface area contributed by atoms with E-state index < -0.39 is 42.1 Å². The van der Waals surface area contributed by atoms with Crippen LogP contribution >= 0.6 is 0 Å². The van der Waals surface area contributed by atoms with Crippen LogP contribution in [0.4, 0.5) is 14.4 Å². The highest BCUT2D eigenvalue weighted by molar-refractivity contribution is 6.01. The average molecular weight is 887 g/mol. The fraction of sp³-hybridized carbons (Fsp3) is 0.438. The zero-order valence-corrected chi connectivity index (χ0v) is 35.9. The predicted octanol–water partition coefficient (Wildman–Crippen LogP) is 6.77. The standard InChI is InChI=1S/C17H21NO5.C17H20NO5.C13H15NO3.CH4/c1-2-22-16(20)14-11-18(10-6-9-15(14)19)17(21)23-12-13-7-4-3-5-8-13;1-2-22-16(20)14-9-6-10-18(11-15(14)19)17(21)23-12-13-7-4-3-5-8-13;15-12-7-4-8-14(9-12)13(16)17-10-11-5-2-1-3-6-11;/h3-5,7-8,14H,2,6,9-12H2,1H3;3-8,14H,2,9-12H2,1H3;1-3,5-6H,4,7-10H2;1H4/q;+1;;. The zero-order valence-electron chi connectivity index (χ0n) is 35.9. The number of ketones is 3. The quantitative estimate of drug-likeness (QED) is 0.0897. The van der Waals surface area contributed by atoms with Crippen molar-refractivity contribution in [2.45, 2.75) is 73.2 Å². The summed E-state index contributed by atoms with van der Waals surface area (Å²) >= 11 is 0. The number of Topliss-reactive ketones (excluding diaryl/α,β-unsaturated/α-hetero) is 3. The van der Waals surface area contributed by atoms with E-state index in [1.165, 1.54) is 14.7 Å². The normalized spacial score (nSPS) is 17.2. The molecule has 3 fully saturated rings. The molecule has 64 heavy (non-hydrogen) atoms. The zero-order chi connectivity index (χ0) is 45.4. The largest absolute Gasteiger partial charge is 0.465 e. The van der Waals surface area contributed by atoms with Gasteiger partial charge in [0.05, 0.1) is 32.7 Å². The number of benzene rings is 3. The van der Waals surface area contributed by atoms with Gasteiger partial charge in [-0.15, -0.1) is 0 Å². The van der Waals surface area contributed by atoms with Gasteiger partial charge < -0.3 is 33.5 Å².